The molecule has 2 aliphatic rings. The van der Waals surface area contributed by atoms with E-state index in [1.54, 1.807) is 0 Å². The summed E-state index contributed by atoms with van der Waals surface area (Å²) in [5, 5.41) is 10.5. The number of fused-ring (bicyclic) bond motifs is 1. The van der Waals surface area contributed by atoms with Gasteiger partial charge in [-0.3, -0.25) is 4.90 Å². The number of hydrogen-bond acceptors (Lipinski definition) is 3. The van der Waals surface area contributed by atoms with Crippen LogP contribution in [0.25, 0.3) is 0 Å². The summed E-state index contributed by atoms with van der Waals surface area (Å²) in [7, 11) is 0. The molecule has 0 spiro atoms. The van der Waals surface area contributed by atoms with Gasteiger partial charge in [-0.2, -0.15) is 0 Å². The van der Waals surface area contributed by atoms with E-state index in [4.69, 9.17) is 17.3 Å². The molecule has 98 valence electrons. The van der Waals surface area contributed by atoms with Crippen molar-refractivity contribution in [2.75, 3.05) is 18.8 Å². The van der Waals surface area contributed by atoms with Gasteiger partial charge in [-0.1, -0.05) is 17.7 Å². The SMILES string of the molecule is Nc1cc(CN2CC3CCC(O)C3C2)ccc1Cl. The van der Waals surface area contributed by atoms with E-state index in [0.29, 0.717) is 22.5 Å². The Kier molecular flexibility index (Phi) is 3.22. The first kappa shape index (κ1) is 12.3. The smallest absolute Gasteiger partial charge is 0.0635 e. The Morgan fingerprint density at radius 2 is 2.17 bits per heavy atom. The topological polar surface area (TPSA) is 49.5 Å². The third-order valence-corrected chi connectivity index (χ3v) is 4.71. The lowest BCUT2D eigenvalue weighted by Crippen LogP contribution is -2.24. The van der Waals surface area contributed by atoms with Crippen LogP contribution in [-0.2, 0) is 6.54 Å². The summed E-state index contributed by atoms with van der Waals surface area (Å²) < 4.78 is 0. The largest absolute Gasteiger partial charge is 0.398 e. The molecule has 3 atom stereocenters. The molecule has 2 fully saturated rings. The molecule has 0 amide bonds. The van der Waals surface area contributed by atoms with Gasteiger partial charge in [0, 0.05) is 25.6 Å². The zero-order valence-electron chi connectivity index (χ0n) is 10.3. The van der Waals surface area contributed by atoms with Gasteiger partial charge >= 0.3 is 0 Å². The van der Waals surface area contributed by atoms with Crippen LogP contribution in [-0.4, -0.2) is 29.2 Å². The van der Waals surface area contributed by atoms with E-state index in [9.17, 15) is 5.11 Å². The zero-order chi connectivity index (χ0) is 12.7. The van der Waals surface area contributed by atoms with Crippen molar-refractivity contribution < 1.29 is 5.11 Å². The van der Waals surface area contributed by atoms with E-state index >= 15 is 0 Å². The lowest BCUT2D eigenvalue weighted by molar-refractivity contribution is 0.123. The third kappa shape index (κ3) is 2.22. The standard InChI is InChI=1S/C14H19ClN2O/c15-12-3-1-9(5-13(12)16)6-17-7-10-2-4-14(18)11(10)8-17/h1,3,5,10-11,14,18H,2,4,6-8,16H2. The highest BCUT2D eigenvalue weighted by atomic mass is 35.5. The van der Waals surface area contributed by atoms with E-state index in [2.05, 4.69) is 4.90 Å². The number of benzene rings is 1. The normalized spacial score (nSPS) is 31.8. The molecule has 3 rings (SSSR count). The quantitative estimate of drug-likeness (QED) is 0.807. The molecule has 1 aromatic rings. The van der Waals surface area contributed by atoms with Crippen LogP contribution in [0.3, 0.4) is 0 Å². The first-order chi connectivity index (χ1) is 8.63. The number of anilines is 1. The number of aliphatic hydroxyl groups is 1. The minimum absolute atomic E-state index is 0.0877. The maximum Gasteiger partial charge on any atom is 0.0635 e. The first-order valence-electron chi connectivity index (χ1n) is 6.58. The van der Waals surface area contributed by atoms with E-state index in [1.165, 1.54) is 12.0 Å². The first-order valence-corrected chi connectivity index (χ1v) is 6.95. The predicted molar refractivity (Wildman–Crippen MR) is 73.4 cm³/mol. The molecule has 1 heterocycles. The van der Waals surface area contributed by atoms with Crippen LogP contribution >= 0.6 is 11.6 Å². The van der Waals surface area contributed by atoms with Crippen LogP contribution in [0.4, 0.5) is 5.69 Å². The Labute approximate surface area is 113 Å². The average Bonchev–Trinajstić information content (AvgIpc) is 2.87. The number of aliphatic hydroxyl groups excluding tert-OH is 1. The van der Waals surface area contributed by atoms with E-state index in [-0.39, 0.29) is 6.10 Å². The highest BCUT2D eigenvalue weighted by molar-refractivity contribution is 6.33. The van der Waals surface area contributed by atoms with Crippen molar-refractivity contribution in [3.8, 4) is 0 Å². The molecule has 3 N–H and O–H groups in total. The van der Waals surface area contributed by atoms with Gasteiger partial charge in [0.25, 0.3) is 0 Å². The highest BCUT2D eigenvalue weighted by Gasteiger charge is 2.41. The lowest BCUT2D eigenvalue weighted by atomic mass is 10.00. The molecule has 1 saturated carbocycles. The molecule has 1 saturated heterocycles. The maximum absolute atomic E-state index is 9.90. The lowest BCUT2D eigenvalue weighted by Gasteiger charge is -2.18. The number of likely N-dealkylation sites (tertiary alicyclic amines) is 1. The molecule has 0 radical (unpaired) electrons. The van der Waals surface area contributed by atoms with Gasteiger partial charge in [0.2, 0.25) is 0 Å². The maximum atomic E-state index is 9.90. The number of hydrogen-bond donors (Lipinski definition) is 2. The predicted octanol–water partition coefficient (Wildman–Crippen LogP) is 2.12. The van der Waals surface area contributed by atoms with Crippen LogP contribution in [0.1, 0.15) is 18.4 Å². The average molecular weight is 267 g/mol. The Bertz CT molecular complexity index is 451. The second-order valence-electron chi connectivity index (χ2n) is 5.62. The van der Waals surface area contributed by atoms with E-state index in [0.717, 1.165) is 26.1 Å². The minimum Gasteiger partial charge on any atom is -0.398 e. The van der Waals surface area contributed by atoms with Crippen LogP contribution in [0, 0.1) is 11.8 Å². The van der Waals surface area contributed by atoms with Crippen LogP contribution in [0.2, 0.25) is 5.02 Å². The van der Waals surface area contributed by atoms with Crippen molar-refractivity contribution in [3.05, 3.63) is 28.8 Å². The van der Waals surface area contributed by atoms with Gasteiger partial charge in [0.15, 0.2) is 0 Å². The minimum atomic E-state index is -0.0877. The molecule has 1 aliphatic carbocycles. The number of nitrogens with zero attached hydrogens (tertiary/aromatic N) is 1. The van der Waals surface area contributed by atoms with Gasteiger partial charge in [-0.05, 0) is 36.5 Å². The summed E-state index contributed by atoms with van der Waals surface area (Å²) in [4.78, 5) is 2.42. The Morgan fingerprint density at radius 3 is 2.89 bits per heavy atom. The Balaban J connectivity index is 1.66. The summed E-state index contributed by atoms with van der Waals surface area (Å²) in [6.45, 7) is 3.01. The molecular weight excluding hydrogens is 248 g/mol. The van der Waals surface area contributed by atoms with Gasteiger partial charge in [0.05, 0.1) is 16.8 Å². The molecule has 3 nitrogen and oxygen atoms in total. The summed E-state index contributed by atoms with van der Waals surface area (Å²) in [5.41, 5.74) is 7.67. The number of halogens is 1. The fourth-order valence-corrected chi connectivity index (χ4v) is 3.53. The summed E-state index contributed by atoms with van der Waals surface area (Å²) in [6, 6.07) is 5.84. The Hall–Kier alpha value is -0.770. The van der Waals surface area contributed by atoms with Crippen LogP contribution < -0.4 is 5.73 Å². The number of rotatable bonds is 2. The molecule has 18 heavy (non-hydrogen) atoms. The van der Waals surface area contributed by atoms with Crippen LogP contribution in [0.5, 0.6) is 0 Å². The van der Waals surface area contributed by atoms with Crippen molar-refractivity contribution in [3.63, 3.8) is 0 Å². The number of nitrogens with two attached hydrogens (primary N) is 1. The molecule has 1 aromatic carbocycles. The van der Waals surface area contributed by atoms with Gasteiger partial charge in [0.1, 0.15) is 0 Å². The second-order valence-corrected chi connectivity index (χ2v) is 6.03. The molecular formula is C14H19ClN2O. The van der Waals surface area contributed by atoms with Gasteiger partial charge in [-0.25, -0.2) is 0 Å². The summed E-state index contributed by atoms with van der Waals surface area (Å²) in [6.07, 6.45) is 2.07. The molecule has 0 bridgehead atoms. The van der Waals surface area contributed by atoms with Crippen LogP contribution in [0.15, 0.2) is 18.2 Å². The second kappa shape index (κ2) is 4.72. The molecule has 3 unspecified atom stereocenters. The van der Waals surface area contributed by atoms with Gasteiger partial charge < -0.3 is 10.8 Å². The van der Waals surface area contributed by atoms with Crippen molar-refractivity contribution in [2.24, 2.45) is 11.8 Å². The molecule has 1 aliphatic heterocycles. The van der Waals surface area contributed by atoms with Gasteiger partial charge in [-0.15, -0.1) is 0 Å². The van der Waals surface area contributed by atoms with E-state index in [1.807, 2.05) is 18.2 Å². The summed E-state index contributed by atoms with van der Waals surface area (Å²) >= 11 is 5.92. The fraction of sp³-hybridized carbons (Fsp3) is 0.571. The highest BCUT2D eigenvalue weighted by Crippen LogP contribution is 2.38. The third-order valence-electron chi connectivity index (χ3n) is 4.36. The zero-order valence-corrected chi connectivity index (χ0v) is 11.1. The van der Waals surface area contributed by atoms with E-state index < -0.39 is 0 Å². The van der Waals surface area contributed by atoms with Crippen molar-refractivity contribution >= 4 is 17.3 Å². The summed E-state index contributed by atoms with van der Waals surface area (Å²) in [5.74, 6) is 1.17. The molecule has 0 aromatic heterocycles. The molecule has 4 heteroatoms. The fourth-order valence-electron chi connectivity index (χ4n) is 3.41. The Morgan fingerprint density at radius 1 is 1.33 bits per heavy atom. The van der Waals surface area contributed by atoms with Crippen molar-refractivity contribution in [2.45, 2.75) is 25.5 Å². The van der Waals surface area contributed by atoms with Crippen molar-refractivity contribution in [1.82, 2.24) is 4.90 Å². The number of nitrogen functional groups attached to an aromatic ring is 1. The van der Waals surface area contributed by atoms with Crippen molar-refractivity contribution in [1.29, 1.82) is 0 Å². The monoisotopic (exact) mass is 266 g/mol.